The monoisotopic (exact) mass is 243 g/mol. The van der Waals surface area contributed by atoms with Crippen LogP contribution < -0.4 is 19.9 Å². The van der Waals surface area contributed by atoms with Crippen molar-refractivity contribution < 1.29 is 14.2 Å². The highest BCUT2D eigenvalue weighted by Gasteiger charge is 2.13. The number of hydrogen-bond acceptors (Lipinski definition) is 4. The van der Waals surface area contributed by atoms with Gasteiger partial charge in [0.15, 0.2) is 11.5 Å². The zero-order valence-electron chi connectivity index (χ0n) is 9.76. The molecule has 3 rings (SSSR count). The van der Waals surface area contributed by atoms with Crippen LogP contribution in [0.2, 0.25) is 0 Å². The van der Waals surface area contributed by atoms with Gasteiger partial charge in [0.25, 0.3) is 0 Å². The highest BCUT2D eigenvalue weighted by molar-refractivity contribution is 5.47. The zero-order chi connectivity index (χ0) is 12.4. The van der Waals surface area contributed by atoms with E-state index in [0.717, 1.165) is 28.5 Å². The Morgan fingerprint density at radius 2 is 1.78 bits per heavy atom. The number of anilines is 1. The summed E-state index contributed by atoms with van der Waals surface area (Å²) in [4.78, 5) is 0. The summed E-state index contributed by atoms with van der Waals surface area (Å²) in [5, 5.41) is 0. The van der Waals surface area contributed by atoms with Gasteiger partial charge in [-0.05, 0) is 29.8 Å². The number of nitrogen functional groups attached to an aromatic ring is 1. The van der Waals surface area contributed by atoms with E-state index in [1.54, 1.807) is 0 Å². The van der Waals surface area contributed by atoms with E-state index < -0.39 is 0 Å². The molecule has 2 aromatic rings. The predicted molar refractivity (Wildman–Crippen MR) is 67.8 cm³/mol. The van der Waals surface area contributed by atoms with Gasteiger partial charge < -0.3 is 19.9 Å². The highest BCUT2D eigenvalue weighted by Crippen LogP contribution is 2.35. The lowest BCUT2D eigenvalue weighted by Crippen LogP contribution is -1.95. The summed E-state index contributed by atoms with van der Waals surface area (Å²) in [6.07, 6.45) is 0. The smallest absolute Gasteiger partial charge is 0.231 e. The summed E-state index contributed by atoms with van der Waals surface area (Å²) in [6, 6.07) is 13.2. The molecule has 0 aliphatic carbocycles. The van der Waals surface area contributed by atoms with Crippen molar-refractivity contribution in [2.24, 2.45) is 0 Å². The van der Waals surface area contributed by atoms with E-state index in [2.05, 4.69) is 0 Å². The molecule has 92 valence electrons. The van der Waals surface area contributed by atoms with E-state index in [9.17, 15) is 0 Å². The normalized spacial score (nSPS) is 12.4. The summed E-state index contributed by atoms with van der Waals surface area (Å²) in [5.41, 5.74) is 7.45. The van der Waals surface area contributed by atoms with E-state index in [-0.39, 0.29) is 6.79 Å². The second-order valence-electron chi connectivity index (χ2n) is 4.05. The average molecular weight is 243 g/mol. The molecule has 0 radical (unpaired) electrons. The van der Waals surface area contributed by atoms with Gasteiger partial charge in [-0.15, -0.1) is 0 Å². The van der Waals surface area contributed by atoms with E-state index in [1.807, 2.05) is 42.5 Å². The zero-order valence-corrected chi connectivity index (χ0v) is 9.76. The van der Waals surface area contributed by atoms with Crippen molar-refractivity contribution in [2.75, 3.05) is 12.5 Å². The quantitative estimate of drug-likeness (QED) is 0.842. The molecule has 0 saturated carbocycles. The van der Waals surface area contributed by atoms with Crippen LogP contribution in [0.5, 0.6) is 17.2 Å². The van der Waals surface area contributed by atoms with Gasteiger partial charge in [0.1, 0.15) is 12.4 Å². The van der Waals surface area contributed by atoms with Crippen LogP contribution in [0.15, 0.2) is 42.5 Å². The summed E-state index contributed by atoms with van der Waals surface area (Å²) < 4.78 is 16.2. The van der Waals surface area contributed by atoms with Crippen LogP contribution >= 0.6 is 0 Å². The Morgan fingerprint density at radius 1 is 1.00 bits per heavy atom. The number of fused-ring (bicyclic) bond motifs is 1. The first-order chi connectivity index (χ1) is 8.81. The number of hydrogen-bond donors (Lipinski definition) is 1. The Labute approximate surface area is 105 Å². The standard InChI is InChI=1S/C14H13NO3/c15-11-3-1-10(2-4-11)8-16-12-5-6-13-14(7-12)18-9-17-13/h1-7H,8-9,15H2. The molecular formula is C14H13NO3. The van der Waals surface area contributed by atoms with Crippen LogP contribution in [0.25, 0.3) is 0 Å². The number of nitrogens with two attached hydrogens (primary N) is 1. The van der Waals surface area contributed by atoms with Crippen LogP contribution in [0.3, 0.4) is 0 Å². The maximum absolute atomic E-state index is 5.68. The number of benzene rings is 2. The topological polar surface area (TPSA) is 53.7 Å². The van der Waals surface area contributed by atoms with E-state index in [1.165, 1.54) is 0 Å². The Morgan fingerprint density at radius 3 is 2.61 bits per heavy atom. The molecule has 0 fully saturated rings. The van der Waals surface area contributed by atoms with Crippen molar-refractivity contribution >= 4 is 5.69 Å². The van der Waals surface area contributed by atoms with Crippen molar-refractivity contribution in [3.63, 3.8) is 0 Å². The Hall–Kier alpha value is -2.36. The van der Waals surface area contributed by atoms with Gasteiger partial charge in [0.05, 0.1) is 0 Å². The van der Waals surface area contributed by atoms with Gasteiger partial charge >= 0.3 is 0 Å². The first-order valence-corrected chi connectivity index (χ1v) is 5.68. The maximum atomic E-state index is 5.68. The third-order valence-corrected chi connectivity index (χ3v) is 2.73. The van der Waals surface area contributed by atoms with Gasteiger partial charge in [0.2, 0.25) is 6.79 Å². The highest BCUT2D eigenvalue weighted by atomic mass is 16.7. The molecule has 0 amide bonds. The Balaban J connectivity index is 1.68. The van der Waals surface area contributed by atoms with Crippen molar-refractivity contribution in [1.82, 2.24) is 0 Å². The molecule has 18 heavy (non-hydrogen) atoms. The fraction of sp³-hybridized carbons (Fsp3) is 0.143. The van der Waals surface area contributed by atoms with E-state index in [0.29, 0.717) is 6.61 Å². The molecule has 2 aromatic carbocycles. The predicted octanol–water partition coefficient (Wildman–Crippen LogP) is 2.58. The molecule has 1 heterocycles. The van der Waals surface area contributed by atoms with Crippen LogP contribution in [0.4, 0.5) is 5.69 Å². The van der Waals surface area contributed by atoms with Crippen molar-refractivity contribution in [3.8, 4) is 17.2 Å². The molecule has 0 aromatic heterocycles. The summed E-state index contributed by atoms with van der Waals surface area (Å²) >= 11 is 0. The molecule has 0 unspecified atom stereocenters. The minimum atomic E-state index is 0.275. The van der Waals surface area contributed by atoms with Crippen LogP contribution in [0, 0.1) is 0 Å². The molecule has 0 bridgehead atoms. The van der Waals surface area contributed by atoms with Gasteiger partial charge in [-0.1, -0.05) is 12.1 Å². The Bertz CT molecular complexity index is 551. The van der Waals surface area contributed by atoms with Crippen LogP contribution in [-0.2, 0) is 6.61 Å². The maximum Gasteiger partial charge on any atom is 0.231 e. The second-order valence-corrected chi connectivity index (χ2v) is 4.05. The van der Waals surface area contributed by atoms with Gasteiger partial charge in [-0.2, -0.15) is 0 Å². The van der Waals surface area contributed by atoms with Gasteiger partial charge in [-0.3, -0.25) is 0 Å². The first kappa shape index (κ1) is 10.8. The lowest BCUT2D eigenvalue weighted by atomic mass is 10.2. The molecule has 0 spiro atoms. The third kappa shape index (κ3) is 2.18. The Kier molecular flexibility index (Phi) is 2.68. The third-order valence-electron chi connectivity index (χ3n) is 2.73. The summed E-state index contributed by atoms with van der Waals surface area (Å²) in [7, 11) is 0. The molecule has 0 atom stereocenters. The van der Waals surface area contributed by atoms with Crippen molar-refractivity contribution in [1.29, 1.82) is 0 Å². The van der Waals surface area contributed by atoms with Crippen molar-refractivity contribution in [2.45, 2.75) is 6.61 Å². The first-order valence-electron chi connectivity index (χ1n) is 5.68. The summed E-state index contributed by atoms with van der Waals surface area (Å²) in [6.45, 7) is 0.774. The molecule has 2 N–H and O–H groups in total. The fourth-order valence-electron chi connectivity index (χ4n) is 1.75. The molecular weight excluding hydrogens is 230 g/mol. The SMILES string of the molecule is Nc1ccc(COc2ccc3c(c2)OCO3)cc1. The lowest BCUT2D eigenvalue weighted by Gasteiger charge is -2.07. The van der Waals surface area contributed by atoms with Crippen LogP contribution in [0.1, 0.15) is 5.56 Å². The van der Waals surface area contributed by atoms with Gasteiger partial charge in [0, 0.05) is 11.8 Å². The fourth-order valence-corrected chi connectivity index (χ4v) is 1.75. The van der Waals surface area contributed by atoms with E-state index >= 15 is 0 Å². The summed E-state index contributed by atoms with van der Waals surface area (Å²) in [5.74, 6) is 2.25. The van der Waals surface area contributed by atoms with E-state index in [4.69, 9.17) is 19.9 Å². The molecule has 4 heteroatoms. The minimum absolute atomic E-state index is 0.275. The van der Waals surface area contributed by atoms with Crippen LogP contribution in [-0.4, -0.2) is 6.79 Å². The molecule has 1 aliphatic heterocycles. The largest absolute Gasteiger partial charge is 0.489 e. The van der Waals surface area contributed by atoms with Gasteiger partial charge in [-0.25, -0.2) is 0 Å². The minimum Gasteiger partial charge on any atom is -0.489 e. The average Bonchev–Trinajstić information content (AvgIpc) is 2.85. The number of ether oxygens (including phenoxy) is 3. The molecule has 1 aliphatic rings. The number of rotatable bonds is 3. The second kappa shape index (κ2) is 4.49. The lowest BCUT2D eigenvalue weighted by molar-refractivity contribution is 0.173. The van der Waals surface area contributed by atoms with Crippen molar-refractivity contribution in [3.05, 3.63) is 48.0 Å². The molecule has 4 nitrogen and oxygen atoms in total. The molecule has 0 saturated heterocycles.